The highest BCUT2D eigenvalue weighted by Crippen LogP contribution is 2.25. The molecule has 0 bridgehead atoms. The molecule has 35 heavy (non-hydrogen) atoms. The van der Waals surface area contributed by atoms with Gasteiger partial charge in [-0.1, -0.05) is 39.7 Å². The lowest BCUT2D eigenvalue weighted by molar-refractivity contribution is -0.114. The molecule has 186 valence electrons. The molecule has 9 nitrogen and oxygen atoms in total. The summed E-state index contributed by atoms with van der Waals surface area (Å²) >= 11 is 0. The van der Waals surface area contributed by atoms with Crippen LogP contribution >= 0.6 is 0 Å². The van der Waals surface area contributed by atoms with E-state index >= 15 is 0 Å². The molecule has 2 aromatic carbocycles. The second-order valence-corrected chi connectivity index (χ2v) is 7.98. The van der Waals surface area contributed by atoms with Gasteiger partial charge in [0.1, 0.15) is 31.8 Å². The largest absolute Gasteiger partial charge is 0.490 e. The Bertz CT molecular complexity index is 1060. The smallest absolute Gasteiger partial charge is 0.273 e. The van der Waals surface area contributed by atoms with Gasteiger partial charge in [-0.25, -0.2) is 0 Å². The van der Waals surface area contributed by atoms with Gasteiger partial charge < -0.3 is 24.6 Å². The molecule has 1 fully saturated rings. The van der Waals surface area contributed by atoms with Crippen molar-refractivity contribution in [2.45, 2.75) is 44.8 Å². The Morgan fingerprint density at radius 2 is 1.71 bits per heavy atom. The highest BCUT2D eigenvalue weighted by atomic mass is 16.6. The number of benzene rings is 2. The molecule has 1 unspecified atom stereocenters. The summed E-state index contributed by atoms with van der Waals surface area (Å²) < 4.78 is 6.03. The summed E-state index contributed by atoms with van der Waals surface area (Å²) in [5, 5.41) is 14.6. The zero-order valence-electron chi connectivity index (χ0n) is 20.6. The summed E-state index contributed by atoms with van der Waals surface area (Å²) in [7, 11) is 4.39. The van der Waals surface area contributed by atoms with Gasteiger partial charge in [0, 0.05) is 23.7 Å². The molecular weight excluding hydrogens is 448 g/mol. The average Bonchev–Trinajstić information content (AvgIpc) is 3.40. The third-order valence-corrected chi connectivity index (χ3v) is 5.62. The van der Waals surface area contributed by atoms with Crippen molar-refractivity contribution in [3.05, 3.63) is 65.2 Å². The lowest BCUT2D eigenvalue weighted by Gasteiger charge is -2.15. The molecule has 1 amide bonds. The molecule has 1 atom stereocenters. The number of oxime groups is 3. The number of nitrogens with one attached hydrogen (secondary N) is 1. The number of ether oxygens (including phenoxy) is 1. The van der Waals surface area contributed by atoms with E-state index in [2.05, 4.69) is 20.8 Å². The molecule has 0 spiro atoms. The molecule has 0 aliphatic heterocycles. The maximum atomic E-state index is 12.3. The van der Waals surface area contributed by atoms with Crippen molar-refractivity contribution in [3.8, 4) is 5.75 Å². The maximum Gasteiger partial charge on any atom is 0.273 e. The Balaban J connectivity index is 1.72. The number of carbonyl (C=O) groups is 1. The van der Waals surface area contributed by atoms with Crippen LogP contribution in [0.2, 0.25) is 0 Å². The van der Waals surface area contributed by atoms with Crippen LogP contribution in [0.5, 0.6) is 5.75 Å². The Morgan fingerprint density at radius 1 is 1.03 bits per heavy atom. The van der Waals surface area contributed by atoms with E-state index in [4.69, 9.17) is 19.2 Å². The van der Waals surface area contributed by atoms with Crippen molar-refractivity contribution in [1.82, 2.24) is 5.32 Å². The van der Waals surface area contributed by atoms with Gasteiger partial charge in [0.05, 0.1) is 12.3 Å². The van der Waals surface area contributed by atoms with E-state index in [1.54, 1.807) is 6.07 Å². The van der Waals surface area contributed by atoms with Gasteiger partial charge in [0.2, 0.25) is 0 Å². The topological polar surface area (TPSA) is 103 Å². The first-order valence-electron chi connectivity index (χ1n) is 11.6. The number of nitrogens with zero attached hydrogens (tertiary/aromatic N) is 3. The van der Waals surface area contributed by atoms with Crippen LogP contribution in [-0.2, 0) is 19.3 Å². The van der Waals surface area contributed by atoms with E-state index in [0.29, 0.717) is 17.4 Å². The molecular formula is C26H32N4O5. The van der Waals surface area contributed by atoms with Crippen molar-refractivity contribution in [2.24, 2.45) is 15.5 Å². The van der Waals surface area contributed by atoms with E-state index in [1.807, 2.05) is 49.4 Å². The molecule has 0 saturated heterocycles. The van der Waals surface area contributed by atoms with E-state index in [0.717, 1.165) is 29.7 Å². The third-order valence-electron chi connectivity index (χ3n) is 5.62. The van der Waals surface area contributed by atoms with Crippen molar-refractivity contribution in [3.63, 3.8) is 0 Å². The van der Waals surface area contributed by atoms with Gasteiger partial charge >= 0.3 is 0 Å². The van der Waals surface area contributed by atoms with Gasteiger partial charge in [-0.05, 0) is 56.9 Å². The first kappa shape index (κ1) is 25.7. The predicted octanol–water partition coefficient (Wildman–Crippen LogP) is 4.22. The summed E-state index contributed by atoms with van der Waals surface area (Å²) in [5.74, 6) is 0.463. The van der Waals surface area contributed by atoms with Crippen LogP contribution in [0.4, 0.5) is 0 Å². The Morgan fingerprint density at radius 3 is 2.37 bits per heavy atom. The van der Waals surface area contributed by atoms with Crippen LogP contribution in [0.3, 0.4) is 0 Å². The maximum absolute atomic E-state index is 12.3. The summed E-state index contributed by atoms with van der Waals surface area (Å²) in [6.07, 6.45) is 5.94. The number of hydrogen-bond donors (Lipinski definition) is 1. The SMILES string of the molecule is CNC(=O)C(=NOC)c1ccccc1C(C)ON=CC(=NOC)c1ccc(OC2CCCC2)cc1. The van der Waals surface area contributed by atoms with Crippen molar-refractivity contribution >= 4 is 23.5 Å². The number of carbonyl (C=O) groups excluding carboxylic acids is 1. The van der Waals surface area contributed by atoms with Crippen LogP contribution in [-0.4, -0.2) is 50.9 Å². The van der Waals surface area contributed by atoms with Crippen LogP contribution in [0.1, 0.15) is 55.4 Å². The number of rotatable bonds is 11. The van der Waals surface area contributed by atoms with Crippen LogP contribution in [0.15, 0.2) is 64.0 Å². The molecule has 3 rings (SSSR count). The summed E-state index contributed by atoms with van der Waals surface area (Å²) in [6, 6.07) is 14.9. The van der Waals surface area contributed by atoms with Crippen molar-refractivity contribution < 1.29 is 24.0 Å². The molecule has 1 aliphatic rings. The average molecular weight is 481 g/mol. The van der Waals surface area contributed by atoms with Gasteiger partial charge in [0.25, 0.3) is 5.91 Å². The lowest BCUT2D eigenvalue weighted by atomic mass is 9.99. The molecule has 9 heteroatoms. The van der Waals surface area contributed by atoms with Gasteiger partial charge in [-0.2, -0.15) is 0 Å². The molecule has 1 N–H and O–H groups in total. The van der Waals surface area contributed by atoms with Gasteiger partial charge in [0.15, 0.2) is 5.71 Å². The highest BCUT2D eigenvalue weighted by molar-refractivity contribution is 6.45. The first-order chi connectivity index (χ1) is 17.1. The minimum Gasteiger partial charge on any atom is -0.490 e. The second-order valence-electron chi connectivity index (χ2n) is 7.98. The number of amides is 1. The Labute approximate surface area is 205 Å². The number of likely N-dealkylation sites (N-methyl/N-ethyl adjacent to an activating group) is 1. The van der Waals surface area contributed by atoms with Crippen LogP contribution in [0, 0.1) is 0 Å². The minimum absolute atomic E-state index is 0.145. The fraction of sp³-hybridized carbons (Fsp3) is 0.385. The summed E-state index contributed by atoms with van der Waals surface area (Å²) in [4.78, 5) is 27.9. The zero-order valence-corrected chi connectivity index (χ0v) is 20.6. The standard InChI is InChI=1S/C26H32N4O5/c1-18(22-11-7-8-12-23(22)25(30-33-4)26(31)27-2)35-28-17-24(29-32-3)19-13-15-21(16-14-19)34-20-9-5-6-10-20/h7-8,11-18,20H,5-6,9-10H2,1-4H3,(H,27,31). The Hall–Kier alpha value is -3.88. The van der Waals surface area contributed by atoms with E-state index in [-0.39, 0.29) is 11.6 Å². The first-order valence-corrected chi connectivity index (χ1v) is 11.6. The fourth-order valence-electron chi connectivity index (χ4n) is 3.87. The van der Waals surface area contributed by atoms with E-state index < -0.39 is 6.10 Å². The van der Waals surface area contributed by atoms with Crippen molar-refractivity contribution in [1.29, 1.82) is 0 Å². The second kappa shape index (κ2) is 13.1. The molecule has 1 aliphatic carbocycles. The normalized spacial score (nSPS) is 15.7. The molecule has 2 aromatic rings. The molecule has 1 saturated carbocycles. The van der Waals surface area contributed by atoms with Gasteiger partial charge in [-0.15, -0.1) is 0 Å². The number of hydrogen-bond acceptors (Lipinski definition) is 8. The molecule has 0 aromatic heterocycles. The van der Waals surface area contributed by atoms with E-state index in [9.17, 15) is 4.79 Å². The van der Waals surface area contributed by atoms with Crippen LogP contribution in [0.25, 0.3) is 0 Å². The molecule has 0 heterocycles. The quantitative estimate of drug-likeness (QED) is 0.383. The summed E-state index contributed by atoms with van der Waals surface area (Å²) in [6.45, 7) is 1.83. The van der Waals surface area contributed by atoms with E-state index in [1.165, 1.54) is 40.3 Å². The lowest BCUT2D eigenvalue weighted by Crippen LogP contribution is -2.29. The third kappa shape index (κ3) is 7.05. The molecule has 0 radical (unpaired) electrons. The Kier molecular flexibility index (Phi) is 9.65. The minimum atomic E-state index is -0.486. The summed E-state index contributed by atoms with van der Waals surface area (Å²) in [5.41, 5.74) is 2.75. The predicted molar refractivity (Wildman–Crippen MR) is 135 cm³/mol. The highest BCUT2D eigenvalue weighted by Gasteiger charge is 2.21. The zero-order chi connectivity index (χ0) is 25.0. The fourth-order valence-corrected chi connectivity index (χ4v) is 3.87. The van der Waals surface area contributed by atoms with Crippen LogP contribution < -0.4 is 10.1 Å². The van der Waals surface area contributed by atoms with Gasteiger partial charge in [-0.3, -0.25) is 4.79 Å². The van der Waals surface area contributed by atoms with Crippen molar-refractivity contribution in [2.75, 3.05) is 21.3 Å². The monoisotopic (exact) mass is 480 g/mol.